The van der Waals surface area contributed by atoms with Crippen LogP contribution in [-0.2, 0) is 12.5 Å². The summed E-state index contributed by atoms with van der Waals surface area (Å²) >= 11 is 0. The maximum Gasteiger partial charge on any atom is 0.293 e. The van der Waals surface area contributed by atoms with Crippen LogP contribution < -0.4 is 16.2 Å². The van der Waals surface area contributed by atoms with E-state index in [9.17, 15) is 14.4 Å². The van der Waals surface area contributed by atoms with E-state index >= 15 is 0 Å². The van der Waals surface area contributed by atoms with Crippen molar-refractivity contribution >= 4 is 29.0 Å². The molecular formula is C33H37N5O3. The Bertz CT molecular complexity index is 1630. The minimum Gasteiger partial charge on any atom is -0.342 e. The summed E-state index contributed by atoms with van der Waals surface area (Å²) in [4.78, 5) is 44.6. The first-order valence-electron chi connectivity index (χ1n) is 13.6. The predicted molar refractivity (Wildman–Crippen MR) is 165 cm³/mol. The Balaban J connectivity index is 1.59. The minimum atomic E-state index is -0.291. The molecule has 0 radical (unpaired) electrons. The molecule has 0 saturated carbocycles. The zero-order valence-corrected chi connectivity index (χ0v) is 24.7. The second-order valence-corrected chi connectivity index (χ2v) is 11.2. The van der Waals surface area contributed by atoms with Gasteiger partial charge in [0.15, 0.2) is 5.82 Å². The first-order chi connectivity index (χ1) is 19.4. The van der Waals surface area contributed by atoms with Crippen molar-refractivity contribution in [3.05, 3.63) is 106 Å². The molecule has 0 aliphatic carbocycles. The highest BCUT2D eigenvalue weighted by molar-refractivity contribution is 6.05. The highest BCUT2D eigenvalue weighted by atomic mass is 16.2. The summed E-state index contributed by atoms with van der Waals surface area (Å²) in [5.41, 5.74) is 5.50. The molecule has 2 amide bonds. The first kappa shape index (κ1) is 29.3. The molecule has 0 unspecified atom stereocenters. The molecule has 212 valence electrons. The van der Waals surface area contributed by atoms with Crippen LogP contribution in [0.4, 0.5) is 17.2 Å². The van der Waals surface area contributed by atoms with E-state index in [-0.39, 0.29) is 28.6 Å². The number of carbonyl (C=O) groups excluding carboxylic acids is 2. The van der Waals surface area contributed by atoms with Crippen molar-refractivity contribution in [1.29, 1.82) is 0 Å². The average molecular weight is 552 g/mol. The van der Waals surface area contributed by atoms with E-state index in [0.717, 1.165) is 16.7 Å². The van der Waals surface area contributed by atoms with E-state index in [1.165, 1.54) is 4.57 Å². The number of amides is 2. The van der Waals surface area contributed by atoms with Crippen LogP contribution in [0.25, 0.3) is 11.3 Å². The van der Waals surface area contributed by atoms with Gasteiger partial charge in [-0.15, -0.1) is 0 Å². The Kier molecular flexibility index (Phi) is 8.42. The van der Waals surface area contributed by atoms with E-state index in [1.54, 1.807) is 49.5 Å². The van der Waals surface area contributed by atoms with Crippen molar-refractivity contribution in [3.8, 4) is 11.3 Å². The topological polar surface area (TPSA) is 96.3 Å². The summed E-state index contributed by atoms with van der Waals surface area (Å²) in [6.07, 6.45) is 1.68. The van der Waals surface area contributed by atoms with Gasteiger partial charge in [0.1, 0.15) is 0 Å². The van der Waals surface area contributed by atoms with Gasteiger partial charge in [-0.2, -0.15) is 0 Å². The molecule has 4 rings (SSSR count). The van der Waals surface area contributed by atoms with Gasteiger partial charge in [-0.25, -0.2) is 4.98 Å². The van der Waals surface area contributed by atoms with Crippen molar-refractivity contribution in [2.24, 2.45) is 7.05 Å². The highest BCUT2D eigenvalue weighted by Crippen LogP contribution is 2.29. The molecule has 0 bridgehead atoms. The molecule has 8 heteroatoms. The largest absolute Gasteiger partial charge is 0.342 e. The van der Waals surface area contributed by atoms with Crippen molar-refractivity contribution < 1.29 is 9.59 Å². The number of aryl methyl sites for hydroxylation is 1. The Labute approximate surface area is 241 Å². The van der Waals surface area contributed by atoms with Gasteiger partial charge in [-0.05, 0) is 72.9 Å². The number of benzene rings is 3. The third-order valence-corrected chi connectivity index (χ3v) is 7.16. The summed E-state index contributed by atoms with van der Waals surface area (Å²) in [7, 11) is 3.42. The standard InChI is InChI=1S/C33H37N5O3/c1-8-37(6)31(40)23-14-18-25(19-15-23)34-29-32(41)38(7)20-28(35-29)26-10-9-11-27(21(26)2)36-30(39)22-12-16-24(17-13-22)33(3,4)5/h9-20H,8H2,1-7H3,(H,34,35)(H,36,39). The molecule has 0 atom stereocenters. The SMILES string of the molecule is CCN(C)C(=O)c1ccc(Nc2nc(-c3cccc(NC(=O)c4ccc(C(C)(C)C)cc4)c3C)cn(C)c2=O)cc1. The van der Waals surface area contributed by atoms with Gasteiger partial charge in [0, 0.05) is 54.9 Å². The molecule has 4 aromatic rings. The van der Waals surface area contributed by atoms with Crippen molar-refractivity contribution in [2.45, 2.75) is 40.0 Å². The van der Waals surface area contributed by atoms with Gasteiger partial charge in [0.2, 0.25) is 0 Å². The van der Waals surface area contributed by atoms with Gasteiger partial charge >= 0.3 is 0 Å². The molecule has 3 aromatic carbocycles. The number of nitrogens with one attached hydrogen (secondary N) is 2. The minimum absolute atomic E-state index is 0.00454. The summed E-state index contributed by atoms with van der Waals surface area (Å²) in [6.45, 7) is 10.8. The van der Waals surface area contributed by atoms with Crippen LogP contribution in [0.3, 0.4) is 0 Å². The molecule has 2 N–H and O–H groups in total. The Morgan fingerprint density at radius 3 is 2.20 bits per heavy atom. The van der Waals surface area contributed by atoms with Crippen LogP contribution >= 0.6 is 0 Å². The molecule has 0 saturated heterocycles. The fourth-order valence-electron chi connectivity index (χ4n) is 4.38. The quantitative estimate of drug-likeness (QED) is 0.288. The van der Waals surface area contributed by atoms with Crippen LogP contribution in [0.15, 0.2) is 77.7 Å². The lowest BCUT2D eigenvalue weighted by Crippen LogP contribution is -2.26. The number of nitrogens with zero attached hydrogens (tertiary/aromatic N) is 3. The molecule has 0 aliphatic rings. The second kappa shape index (κ2) is 11.8. The van der Waals surface area contributed by atoms with Crippen LogP contribution in [0.1, 0.15) is 59.5 Å². The maximum absolute atomic E-state index is 13.0. The molecule has 0 aliphatic heterocycles. The number of rotatable bonds is 7. The van der Waals surface area contributed by atoms with E-state index in [4.69, 9.17) is 0 Å². The highest BCUT2D eigenvalue weighted by Gasteiger charge is 2.17. The Morgan fingerprint density at radius 1 is 0.951 bits per heavy atom. The van der Waals surface area contributed by atoms with Crippen LogP contribution in [-0.4, -0.2) is 39.9 Å². The fourth-order valence-corrected chi connectivity index (χ4v) is 4.38. The third-order valence-electron chi connectivity index (χ3n) is 7.16. The molecular weight excluding hydrogens is 514 g/mol. The van der Waals surface area contributed by atoms with Crippen LogP contribution in [0, 0.1) is 6.92 Å². The molecule has 1 heterocycles. The number of hydrogen-bond donors (Lipinski definition) is 2. The smallest absolute Gasteiger partial charge is 0.293 e. The first-order valence-corrected chi connectivity index (χ1v) is 13.6. The number of hydrogen-bond acceptors (Lipinski definition) is 5. The Morgan fingerprint density at radius 2 is 1.59 bits per heavy atom. The monoisotopic (exact) mass is 551 g/mol. The molecule has 1 aromatic heterocycles. The zero-order valence-electron chi connectivity index (χ0n) is 24.7. The second-order valence-electron chi connectivity index (χ2n) is 11.2. The fraction of sp³-hybridized carbons (Fsp3) is 0.273. The number of aromatic nitrogens is 2. The normalized spacial score (nSPS) is 11.2. The van der Waals surface area contributed by atoms with E-state index in [0.29, 0.717) is 34.7 Å². The predicted octanol–water partition coefficient (Wildman–Crippen LogP) is 6.14. The zero-order chi connectivity index (χ0) is 29.9. The van der Waals surface area contributed by atoms with Crippen LogP contribution in [0.2, 0.25) is 0 Å². The van der Waals surface area contributed by atoms with Gasteiger partial charge in [0.05, 0.1) is 5.69 Å². The lowest BCUT2D eigenvalue weighted by atomic mass is 9.86. The van der Waals surface area contributed by atoms with Gasteiger partial charge in [-0.1, -0.05) is 45.0 Å². The summed E-state index contributed by atoms with van der Waals surface area (Å²) in [5.74, 6) is -0.115. The maximum atomic E-state index is 13.0. The molecule has 0 spiro atoms. The average Bonchev–Trinajstić information content (AvgIpc) is 2.95. The third kappa shape index (κ3) is 6.54. The number of carbonyl (C=O) groups is 2. The van der Waals surface area contributed by atoms with Gasteiger partial charge < -0.3 is 20.1 Å². The number of anilines is 3. The summed E-state index contributed by atoms with van der Waals surface area (Å²) in [6, 6.07) is 20.2. The molecule has 0 fully saturated rings. The molecule has 41 heavy (non-hydrogen) atoms. The van der Waals surface area contributed by atoms with Crippen molar-refractivity contribution in [3.63, 3.8) is 0 Å². The van der Waals surface area contributed by atoms with Gasteiger partial charge in [-0.3, -0.25) is 14.4 Å². The van der Waals surface area contributed by atoms with Crippen molar-refractivity contribution in [2.75, 3.05) is 24.2 Å². The van der Waals surface area contributed by atoms with Crippen LogP contribution in [0.5, 0.6) is 0 Å². The lowest BCUT2D eigenvalue weighted by Gasteiger charge is -2.19. The summed E-state index contributed by atoms with van der Waals surface area (Å²) in [5, 5.41) is 6.12. The van der Waals surface area contributed by atoms with E-state index in [2.05, 4.69) is 36.4 Å². The van der Waals surface area contributed by atoms with E-state index in [1.807, 2.05) is 56.3 Å². The Hall–Kier alpha value is -4.72. The van der Waals surface area contributed by atoms with E-state index < -0.39 is 0 Å². The lowest BCUT2D eigenvalue weighted by molar-refractivity contribution is 0.0802. The van der Waals surface area contributed by atoms with Gasteiger partial charge in [0.25, 0.3) is 17.4 Å². The van der Waals surface area contributed by atoms with Crippen molar-refractivity contribution in [1.82, 2.24) is 14.5 Å². The summed E-state index contributed by atoms with van der Waals surface area (Å²) < 4.78 is 1.47. The molecule has 8 nitrogen and oxygen atoms in total.